The molecular formula is C13H19N3O2. The molecule has 1 N–H and O–H groups in total. The van der Waals surface area contributed by atoms with E-state index in [-0.39, 0.29) is 5.60 Å². The van der Waals surface area contributed by atoms with Crippen molar-refractivity contribution in [3.63, 3.8) is 0 Å². The van der Waals surface area contributed by atoms with Crippen LogP contribution in [0.5, 0.6) is 5.88 Å². The first kappa shape index (κ1) is 11.9. The third-order valence-corrected chi connectivity index (χ3v) is 3.80. The van der Waals surface area contributed by atoms with Crippen LogP contribution in [0.4, 0.5) is 0 Å². The molecule has 1 spiro atoms. The van der Waals surface area contributed by atoms with Crippen molar-refractivity contribution in [2.45, 2.75) is 24.9 Å². The summed E-state index contributed by atoms with van der Waals surface area (Å²) in [6.45, 7) is 3.62. The Morgan fingerprint density at radius 2 is 2.39 bits per heavy atom. The second-order valence-electron chi connectivity index (χ2n) is 5.17. The first-order chi connectivity index (χ1) is 8.86. The van der Waals surface area contributed by atoms with Crippen molar-refractivity contribution in [1.82, 2.24) is 15.3 Å². The minimum absolute atomic E-state index is 0.134. The Hall–Kier alpha value is -1.20. The van der Waals surface area contributed by atoms with E-state index in [9.17, 15) is 0 Å². The van der Waals surface area contributed by atoms with Gasteiger partial charge in [-0.3, -0.25) is 4.98 Å². The summed E-state index contributed by atoms with van der Waals surface area (Å²) in [4.78, 5) is 8.08. The Morgan fingerprint density at radius 3 is 3.11 bits per heavy atom. The van der Waals surface area contributed by atoms with Gasteiger partial charge in [-0.15, -0.1) is 0 Å². The average Bonchev–Trinajstić information content (AvgIpc) is 2.39. The number of hydrogen-bond acceptors (Lipinski definition) is 5. The zero-order valence-electron chi connectivity index (χ0n) is 10.5. The molecule has 2 saturated heterocycles. The van der Waals surface area contributed by atoms with Gasteiger partial charge in [-0.05, 0) is 25.2 Å². The van der Waals surface area contributed by atoms with Crippen molar-refractivity contribution in [2.75, 3.05) is 26.3 Å². The zero-order valence-corrected chi connectivity index (χ0v) is 10.5. The van der Waals surface area contributed by atoms with Crippen LogP contribution in [0.1, 0.15) is 19.3 Å². The average molecular weight is 249 g/mol. The van der Waals surface area contributed by atoms with Crippen molar-refractivity contribution < 1.29 is 9.47 Å². The van der Waals surface area contributed by atoms with Gasteiger partial charge in [-0.2, -0.15) is 0 Å². The topological polar surface area (TPSA) is 56.3 Å². The lowest BCUT2D eigenvalue weighted by Gasteiger charge is -2.47. The van der Waals surface area contributed by atoms with Crippen LogP contribution in [-0.4, -0.2) is 41.9 Å². The molecule has 0 bridgehead atoms. The minimum atomic E-state index is 0.134. The Balaban J connectivity index is 1.43. The summed E-state index contributed by atoms with van der Waals surface area (Å²) in [5, 5.41) is 3.30. The Labute approximate surface area is 107 Å². The van der Waals surface area contributed by atoms with Gasteiger partial charge in [0.2, 0.25) is 5.88 Å². The van der Waals surface area contributed by atoms with Crippen LogP contribution in [0.2, 0.25) is 0 Å². The Bertz CT molecular complexity index is 381. The number of hydrogen-bond donors (Lipinski definition) is 1. The van der Waals surface area contributed by atoms with E-state index in [4.69, 9.17) is 9.47 Å². The van der Waals surface area contributed by atoms with Crippen LogP contribution < -0.4 is 10.1 Å². The molecule has 0 saturated carbocycles. The Kier molecular flexibility index (Phi) is 3.43. The summed E-state index contributed by atoms with van der Waals surface area (Å²) >= 11 is 0. The van der Waals surface area contributed by atoms with Crippen LogP contribution in [0.25, 0.3) is 0 Å². The van der Waals surface area contributed by atoms with Crippen molar-refractivity contribution in [3.05, 3.63) is 18.6 Å². The van der Waals surface area contributed by atoms with Gasteiger partial charge in [0.25, 0.3) is 0 Å². The molecule has 3 rings (SSSR count). The summed E-state index contributed by atoms with van der Waals surface area (Å²) in [6.07, 6.45) is 8.33. The van der Waals surface area contributed by atoms with Crippen LogP contribution in [0, 0.1) is 5.92 Å². The van der Waals surface area contributed by atoms with Crippen molar-refractivity contribution in [3.8, 4) is 5.88 Å². The zero-order chi connectivity index (χ0) is 12.3. The normalized spacial score (nSPS) is 25.7. The van der Waals surface area contributed by atoms with Gasteiger partial charge in [0.1, 0.15) is 0 Å². The number of rotatable bonds is 4. The maximum atomic E-state index is 5.87. The minimum Gasteiger partial charge on any atom is -0.477 e. The van der Waals surface area contributed by atoms with Gasteiger partial charge < -0.3 is 14.8 Å². The van der Waals surface area contributed by atoms with E-state index in [0.29, 0.717) is 18.4 Å². The van der Waals surface area contributed by atoms with Gasteiger partial charge in [0, 0.05) is 32.1 Å². The quantitative estimate of drug-likeness (QED) is 0.863. The van der Waals surface area contributed by atoms with Crippen molar-refractivity contribution in [1.29, 1.82) is 0 Å². The first-order valence-electron chi connectivity index (χ1n) is 6.60. The molecule has 2 aliphatic heterocycles. The van der Waals surface area contributed by atoms with Crippen LogP contribution in [-0.2, 0) is 4.74 Å². The monoisotopic (exact) mass is 249 g/mol. The predicted octanol–water partition coefficient (Wildman–Crippen LogP) is 1.01. The van der Waals surface area contributed by atoms with E-state index < -0.39 is 0 Å². The summed E-state index contributed by atoms with van der Waals surface area (Å²) in [5.74, 6) is 1.32. The maximum Gasteiger partial charge on any atom is 0.232 e. The molecule has 1 atom stereocenters. The fourth-order valence-corrected chi connectivity index (χ4v) is 2.72. The van der Waals surface area contributed by atoms with Crippen molar-refractivity contribution in [2.24, 2.45) is 5.92 Å². The highest BCUT2D eigenvalue weighted by molar-refractivity contribution is 5.01. The first-order valence-corrected chi connectivity index (χ1v) is 6.60. The molecule has 5 nitrogen and oxygen atoms in total. The third kappa shape index (κ3) is 2.62. The van der Waals surface area contributed by atoms with E-state index in [1.807, 2.05) is 0 Å². The van der Waals surface area contributed by atoms with Crippen LogP contribution in [0.15, 0.2) is 18.6 Å². The SMILES string of the molecule is c1cnc(OCC[C@@H]2CCOC3(CNC3)C2)cn1. The molecule has 18 heavy (non-hydrogen) atoms. The second kappa shape index (κ2) is 5.20. The molecule has 2 fully saturated rings. The number of nitrogens with one attached hydrogen (secondary N) is 1. The van der Waals surface area contributed by atoms with Crippen LogP contribution in [0.3, 0.4) is 0 Å². The van der Waals surface area contributed by atoms with E-state index >= 15 is 0 Å². The van der Waals surface area contributed by atoms with E-state index in [1.54, 1.807) is 18.6 Å². The van der Waals surface area contributed by atoms with Crippen LogP contribution >= 0.6 is 0 Å². The highest BCUT2D eigenvalue weighted by atomic mass is 16.5. The largest absolute Gasteiger partial charge is 0.477 e. The molecule has 5 heteroatoms. The second-order valence-corrected chi connectivity index (χ2v) is 5.17. The fraction of sp³-hybridized carbons (Fsp3) is 0.692. The lowest BCUT2D eigenvalue weighted by atomic mass is 9.80. The fourth-order valence-electron chi connectivity index (χ4n) is 2.72. The number of ether oxygens (including phenoxy) is 2. The highest BCUT2D eigenvalue weighted by Crippen LogP contribution is 2.33. The molecule has 2 aliphatic rings. The molecule has 0 radical (unpaired) electrons. The molecule has 1 aromatic heterocycles. The van der Waals surface area contributed by atoms with Gasteiger partial charge in [0.05, 0.1) is 18.4 Å². The van der Waals surface area contributed by atoms with Crippen molar-refractivity contribution >= 4 is 0 Å². The lowest BCUT2D eigenvalue weighted by molar-refractivity contribution is -0.128. The maximum absolute atomic E-state index is 5.87. The Morgan fingerprint density at radius 1 is 1.44 bits per heavy atom. The molecule has 0 aliphatic carbocycles. The number of nitrogens with zero attached hydrogens (tertiary/aromatic N) is 2. The smallest absolute Gasteiger partial charge is 0.232 e. The summed E-state index contributed by atoms with van der Waals surface area (Å²) in [7, 11) is 0. The molecule has 0 amide bonds. The summed E-state index contributed by atoms with van der Waals surface area (Å²) in [5.41, 5.74) is 0.134. The molecule has 0 aromatic carbocycles. The number of aromatic nitrogens is 2. The molecule has 0 unspecified atom stereocenters. The lowest BCUT2D eigenvalue weighted by Crippen LogP contribution is -2.63. The molecule has 1 aromatic rings. The van der Waals surface area contributed by atoms with E-state index in [2.05, 4.69) is 15.3 Å². The molecular weight excluding hydrogens is 230 g/mol. The van der Waals surface area contributed by atoms with Gasteiger partial charge in [-0.1, -0.05) is 0 Å². The van der Waals surface area contributed by atoms with E-state index in [1.165, 1.54) is 0 Å². The summed E-state index contributed by atoms with van der Waals surface area (Å²) in [6, 6.07) is 0. The van der Waals surface area contributed by atoms with Gasteiger partial charge in [-0.25, -0.2) is 4.98 Å². The standard InChI is InChI=1S/C13H19N3O2/c1(5-17-12-8-14-3-4-16-12)11-2-6-18-13(7-11)9-15-10-13/h3-4,8,11,15H,1-2,5-7,9-10H2/t11-/m1/s1. The van der Waals surface area contributed by atoms with Gasteiger partial charge in [0.15, 0.2) is 0 Å². The summed E-state index contributed by atoms with van der Waals surface area (Å²) < 4.78 is 11.5. The molecule has 3 heterocycles. The third-order valence-electron chi connectivity index (χ3n) is 3.80. The molecule has 98 valence electrons. The van der Waals surface area contributed by atoms with Gasteiger partial charge >= 0.3 is 0 Å². The predicted molar refractivity (Wildman–Crippen MR) is 66.4 cm³/mol. The van der Waals surface area contributed by atoms with E-state index in [0.717, 1.165) is 39.0 Å². The highest BCUT2D eigenvalue weighted by Gasteiger charge is 2.42.